The Labute approximate surface area is 145 Å². The van der Waals surface area contributed by atoms with Gasteiger partial charge in [0.25, 0.3) is 0 Å². The number of thioether (sulfide) groups is 1. The molecule has 126 valence electrons. The lowest BCUT2D eigenvalue weighted by Gasteiger charge is -2.13. The second kappa shape index (κ2) is 8.11. The molecule has 0 saturated heterocycles. The van der Waals surface area contributed by atoms with E-state index < -0.39 is 5.82 Å². The highest BCUT2D eigenvalue weighted by Gasteiger charge is 2.12. The molecule has 0 aromatic heterocycles. The van der Waals surface area contributed by atoms with Crippen molar-refractivity contribution in [1.29, 1.82) is 0 Å². The van der Waals surface area contributed by atoms with Gasteiger partial charge in [-0.05, 0) is 43.5 Å². The number of hydrogen-bond acceptors (Lipinski definition) is 3. The second-order valence-corrected chi connectivity index (χ2v) is 6.52. The molecule has 1 N–H and O–H groups in total. The predicted octanol–water partition coefficient (Wildman–Crippen LogP) is 4.63. The fourth-order valence-electron chi connectivity index (χ4n) is 2.36. The maximum absolute atomic E-state index is 14.0. The van der Waals surface area contributed by atoms with E-state index in [2.05, 4.69) is 5.32 Å². The molecule has 0 spiro atoms. The van der Waals surface area contributed by atoms with E-state index in [1.54, 1.807) is 6.07 Å². The summed E-state index contributed by atoms with van der Waals surface area (Å²) in [7, 11) is 0. The van der Waals surface area contributed by atoms with E-state index in [9.17, 15) is 14.0 Å². The number of ketones is 1. The molecule has 0 fully saturated rings. The summed E-state index contributed by atoms with van der Waals surface area (Å²) < 4.78 is 14.0. The Morgan fingerprint density at radius 3 is 2.58 bits per heavy atom. The van der Waals surface area contributed by atoms with E-state index in [-0.39, 0.29) is 17.4 Å². The molecular formula is C19H20FNO2S. The number of nitrogens with one attached hydrogen (secondary N) is 1. The van der Waals surface area contributed by atoms with Crippen LogP contribution in [0.2, 0.25) is 0 Å². The van der Waals surface area contributed by atoms with Gasteiger partial charge in [0, 0.05) is 16.1 Å². The molecule has 2 aromatic carbocycles. The number of aryl methyl sites for hydroxylation is 2. The number of carbonyl (C=O) groups excluding carboxylic acids is 2. The molecule has 0 aliphatic heterocycles. The molecule has 0 radical (unpaired) electrons. The van der Waals surface area contributed by atoms with Crippen LogP contribution in [0.15, 0.2) is 41.3 Å². The number of halogens is 1. The molecule has 0 saturated carbocycles. The minimum atomic E-state index is -0.481. The lowest BCUT2D eigenvalue weighted by molar-refractivity contribution is -0.113. The number of para-hydroxylation sites is 1. The number of Topliss-reactive ketones (excluding diaryl/α,β-unsaturated/α-hetero) is 1. The minimum absolute atomic E-state index is 0.105. The van der Waals surface area contributed by atoms with Crippen LogP contribution in [0.25, 0.3) is 0 Å². The predicted molar refractivity (Wildman–Crippen MR) is 96.3 cm³/mol. The molecule has 2 rings (SSSR count). The molecule has 0 aliphatic rings. The van der Waals surface area contributed by atoms with Crippen molar-refractivity contribution in [3.05, 3.63) is 58.9 Å². The quantitative estimate of drug-likeness (QED) is 0.613. The van der Waals surface area contributed by atoms with Crippen LogP contribution in [0, 0.1) is 12.7 Å². The standard InChI is InChI=1S/C19H20FNO2S/c1-4-14-7-5-6-12(2)19(14)21-18(23)11-24-17-9-8-15(13(3)22)10-16(17)20/h5-10H,4,11H2,1-3H3,(H,21,23). The molecule has 0 heterocycles. The first-order valence-electron chi connectivity index (χ1n) is 7.74. The third-order valence-corrected chi connectivity index (χ3v) is 4.75. The molecule has 2 aromatic rings. The van der Waals surface area contributed by atoms with E-state index in [1.807, 2.05) is 32.0 Å². The van der Waals surface area contributed by atoms with Crippen LogP contribution in [0.1, 0.15) is 35.3 Å². The topological polar surface area (TPSA) is 46.2 Å². The number of amides is 1. The fourth-order valence-corrected chi connectivity index (χ4v) is 3.08. The number of carbonyl (C=O) groups is 2. The van der Waals surface area contributed by atoms with Crippen molar-refractivity contribution in [2.24, 2.45) is 0 Å². The van der Waals surface area contributed by atoms with Crippen molar-refractivity contribution in [3.8, 4) is 0 Å². The molecule has 0 bridgehead atoms. The van der Waals surface area contributed by atoms with Crippen molar-refractivity contribution in [2.75, 3.05) is 11.1 Å². The van der Waals surface area contributed by atoms with Gasteiger partial charge in [-0.15, -0.1) is 11.8 Å². The van der Waals surface area contributed by atoms with Gasteiger partial charge < -0.3 is 5.32 Å². The summed E-state index contributed by atoms with van der Waals surface area (Å²) >= 11 is 1.12. The van der Waals surface area contributed by atoms with Crippen molar-refractivity contribution >= 4 is 29.1 Å². The van der Waals surface area contributed by atoms with Crippen LogP contribution in [0.4, 0.5) is 10.1 Å². The van der Waals surface area contributed by atoms with Gasteiger partial charge in [0.1, 0.15) is 5.82 Å². The third-order valence-electron chi connectivity index (χ3n) is 3.70. The van der Waals surface area contributed by atoms with Crippen molar-refractivity contribution in [3.63, 3.8) is 0 Å². The Balaban J connectivity index is 2.03. The maximum atomic E-state index is 14.0. The van der Waals surface area contributed by atoms with E-state index in [0.29, 0.717) is 10.5 Å². The average molecular weight is 345 g/mol. The van der Waals surface area contributed by atoms with Crippen LogP contribution in [-0.2, 0) is 11.2 Å². The maximum Gasteiger partial charge on any atom is 0.234 e. The summed E-state index contributed by atoms with van der Waals surface area (Å²) in [6, 6.07) is 10.2. The Hall–Kier alpha value is -2.14. The highest BCUT2D eigenvalue weighted by Crippen LogP contribution is 2.25. The average Bonchev–Trinajstić information content (AvgIpc) is 2.55. The zero-order valence-corrected chi connectivity index (χ0v) is 14.8. The highest BCUT2D eigenvalue weighted by molar-refractivity contribution is 8.00. The lowest BCUT2D eigenvalue weighted by atomic mass is 10.1. The smallest absolute Gasteiger partial charge is 0.234 e. The monoisotopic (exact) mass is 345 g/mol. The Kier molecular flexibility index (Phi) is 6.15. The molecular weight excluding hydrogens is 325 g/mol. The van der Waals surface area contributed by atoms with Crippen molar-refractivity contribution < 1.29 is 14.0 Å². The van der Waals surface area contributed by atoms with E-state index in [0.717, 1.165) is 35.0 Å². The largest absolute Gasteiger partial charge is 0.325 e. The molecule has 1 amide bonds. The zero-order valence-electron chi connectivity index (χ0n) is 14.0. The van der Waals surface area contributed by atoms with Crippen LogP contribution in [0.5, 0.6) is 0 Å². The first kappa shape index (κ1) is 18.2. The van der Waals surface area contributed by atoms with Crippen molar-refractivity contribution in [2.45, 2.75) is 32.1 Å². The van der Waals surface area contributed by atoms with E-state index in [1.165, 1.54) is 19.1 Å². The number of hydrogen-bond donors (Lipinski definition) is 1. The van der Waals surface area contributed by atoms with Gasteiger partial charge in [0.2, 0.25) is 5.91 Å². The third kappa shape index (κ3) is 4.45. The van der Waals surface area contributed by atoms with Gasteiger partial charge in [-0.1, -0.05) is 31.2 Å². The molecule has 0 unspecified atom stereocenters. The first-order chi connectivity index (χ1) is 11.4. The number of benzene rings is 2. The summed E-state index contributed by atoms with van der Waals surface area (Å²) in [5.41, 5.74) is 3.24. The summed E-state index contributed by atoms with van der Waals surface area (Å²) in [5, 5.41) is 2.91. The number of anilines is 1. The van der Waals surface area contributed by atoms with E-state index >= 15 is 0 Å². The van der Waals surface area contributed by atoms with Crippen LogP contribution in [0.3, 0.4) is 0 Å². The molecule has 5 heteroatoms. The Morgan fingerprint density at radius 2 is 1.96 bits per heavy atom. The normalized spacial score (nSPS) is 10.5. The number of rotatable bonds is 6. The second-order valence-electron chi connectivity index (χ2n) is 5.50. The summed E-state index contributed by atoms with van der Waals surface area (Å²) in [6.45, 7) is 5.37. The van der Waals surface area contributed by atoms with Gasteiger partial charge in [-0.2, -0.15) is 0 Å². The first-order valence-corrected chi connectivity index (χ1v) is 8.72. The highest BCUT2D eigenvalue weighted by atomic mass is 32.2. The van der Waals surface area contributed by atoms with Gasteiger partial charge in [-0.3, -0.25) is 9.59 Å². The van der Waals surface area contributed by atoms with Gasteiger partial charge >= 0.3 is 0 Å². The van der Waals surface area contributed by atoms with Gasteiger partial charge in [0.15, 0.2) is 5.78 Å². The zero-order chi connectivity index (χ0) is 17.7. The Morgan fingerprint density at radius 1 is 1.21 bits per heavy atom. The van der Waals surface area contributed by atoms with Gasteiger partial charge in [-0.25, -0.2) is 4.39 Å². The van der Waals surface area contributed by atoms with Gasteiger partial charge in [0.05, 0.1) is 5.75 Å². The Bertz CT molecular complexity index is 774. The molecule has 3 nitrogen and oxygen atoms in total. The van der Waals surface area contributed by atoms with Crippen LogP contribution >= 0.6 is 11.8 Å². The molecule has 0 aliphatic carbocycles. The molecule has 24 heavy (non-hydrogen) atoms. The summed E-state index contributed by atoms with van der Waals surface area (Å²) in [4.78, 5) is 23.8. The minimum Gasteiger partial charge on any atom is -0.325 e. The summed E-state index contributed by atoms with van der Waals surface area (Å²) in [5.74, 6) is -0.743. The summed E-state index contributed by atoms with van der Waals surface area (Å²) in [6.07, 6.45) is 0.825. The van der Waals surface area contributed by atoms with E-state index in [4.69, 9.17) is 0 Å². The van der Waals surface area contributed by atoms with Crippen molar-refractivity contribution in [1.82, 2.24) is 0 Å². The fraction of sp³-hybridized carbons (Fsp3) is 0.263. The SMILES string of the molecule is CCc1cccc(C)c1NC(=O)CSc1ccc(C(C)=O)cc1F. The lowest BCUT2D eigenvalue weighted by Crippen LogP contribution is -2.16. The van der Waals surface area contributed by atoms with Crippen LogP contribution < -0.4 is 5.32 Å². The van der Waals surface area contributed by atoms with Crippen LogP contribution in [-0.4, -0.2) is 17.4 Å². The molecule has 0 atom stereocenters.